The van der Waals surface area contributed by atoms with Crippen molar-refractivity contribution in [2.45, 2.75) is 6.92 Å². The van der Waals surface area contributed by atoms with E-state index in [0.717, 1.165) is 16.9 Å². The van der Waals surface area contributed by atoms with Gasteiger partial charge in [0, 0.05) is 11.1 Å². The van der Waals surface area contributed by atoms with Crippen molar-refractivity contribution in [2.24, 2.45) is 0 Å². The molecule has 0 N–H and O–H groups in total. The highest BCUT2D eigenvalue weighted by Gasteiger charge is 2.10. The third-order valence-electron chi connectivity index (χ3n) is 3.07. The lowest BCUT2D eigenvalue weighted by atomic mass is 10.1. The molecule has 0 aliphatic heterocycles. The van der Waals surface area contributed by atoms with E-state index < -0.39 is 0 Å². The minimum Gasteiger partial charge on any atom is -0.497 e. The predicted octanol–water partition coefficient (Wildman–Crippen LogP) is 3.72. The quantitative estimate of drug-likeness (QED) is 0.725. The van der Waals surface area contributed by atoms with Gasteiger partial charge in [0.15, 0.2) is 0 Å². The second-order valence-electron chi connectivity index (χ2n) is 4.52. The minimum atomic E-state index is 0.503. The molecular weight excluding hydrogens is 252 g/mol. The molecule has 0 radical (unpaired) electrons. The molecular formula is C16H14N2O2. The van der Waals surface area contributed by atoms with Crippen molar-refractivity contribution in [2.75, 3.05) is 7.11 Å². The van der Waals surface area contributed by atoms with Gasteiger partial charge in [-0.25, -0.2) is 0 Å². The summed E-state index contributed by atoms with van der Waals surface area (Å²) in [6.07, 6.45) is 0. The van der Waals surface area contributed by atoms with Crippen LogP contribution in [0.15, 0.2) is 53.1 Å². The van der Waals surface area contributed by atoms with Gasteiger partial charge >= 0.3 is 0 Å². The van der Waals surface area contributed by atoms with Crippen molar-refractivity contribution in [1.82, 2.24) is 10.1 Å². The highest BCUT2D eigenvalue weighted by molar-refractivity contribution is 5.60. The van der Waals surface area contributed by atoms with Crippen LogP contribution >= 0.6 is 0 Å². The van der Waals surface area contributed by atoms with Crippen LogP contribution in [0.2, 0.25) is 0 Å². The lowest BCUT2D eigenvalue weighted by Crippen LogP contribution is -1.83. The Hall–Kier alpha value is -2.62. The fourth-order valence-electron chi connectivity index (χ4n) is 1.89. The molecule has 20 heavy (non-hydrogen) atoms. The molecule has 0 unspecified atom stereocenters. The average molecular weight is 266 g/mol. The van der Waals surface area contributed by atoms with Crippen LogP contribution in [-0.2, 0) is 0 Å². The molecule has 2 aromatic carbocycles. The molecule has 1 aromatic heterocycles. The molecule has 0 aliphatic rings. The summed E-state index contributed by atoms with van der Waals surface area (Å²) in [5, 5.41) is 4.02. The van der Waals surface area contributed by atoms with E-state index in [1.807, 2.05) is 55.5 Å². The summed E-state index contributed by atoms with van der Waals surface area (Å²) >= 11 is 0. The van der Waals surface area contributed by atoms with Crippen LogP contribution < -0.4 is 4.74 Å². The molecule has 3 aromatic rings. The molecule has 0 fully saturated rings. The second-order valence-corrected chi connectivity index (χ2v) is 4.52. The molecule has 0 saturated heterocycles. The van der Waals surface area contributed by atoms with Gasteiger partial charge in [0.2, 0.25) is 5.82 Å². The number of ether oxygens (including phenoxy) is 1. The van der Waals surface area contributed by atoms with E-state index >= 15 is 0 Å². The van der Waals surface area contributed by atoms with E-state index in [9.17, 15) is 0 Å². The number of nitrogens with zero attached hydrogens (tertiary/aromatic N) is 2. The van der Waals surface area contributed by atoms with Crippen molar-refractivity contribution >= 4 is 0 Å². The molecule has 1 heterocycles. The van der Waals surface area contributed by atoms with Gasteiger partial charge in [-0.1, -0.05) is 35.0 Å². The van der Waals surface area contributed by atoms with E-state index in [0.29, 0.717) is 11.7 Å². The Morgan fingerprint density at radius 3 is 2.20 bits per heavy atom. The summed E-state index contributed by atoms with van der Waals surface area (Å²) in [5.41, 5.74) is 3.02. The van der Waals surface area contributed by atoms with Crippen LogP contribution in [0.4, 0.5) is 0 Å². The molecule has 0 saturated carbocycles. The van der Waals surface area contributed by atoms with Crippen molar-refractivity contribution in [3.63, 3.8) is 0 Å². The van der Waals surface area contributed by atoms with Crippen LogP contribution in [0, 0.1) is 6.92 Å². The number of methoxy groups -OCH3 is 1. The van der Waals surface area contributed by atoms with Crippen LogP contribution in [0.5, 0.6) is 5.75 Å². The Morgan fingerprint density at radius 2 is 1.55 bits per heavy atom. The highest BCUT2D eigenvalue weighted by Crippen LogP contribution is 2.24. The topological polar surface area (TPSA) is 48.2 Å². The zero-order chi connectivity index (χ0) is 13.9. The standard InChI is InChI=1S/C16H14N2O2/c1-11-3-5-12(6-4-11)15-17-16(20-18-15)13-7-9-14(19-2)10-8-13/h3-10H,1-2H3. The first-order valence-corrected chi connectivity index (χ1v) is 6.31. The zero-order valence-electron chi connectivity index (χ0n) is 11.3. The molecule has 0 spiro atoms. The molecule has 100 valence electrons. The Balaban J connectivity index is 1.91. The summed E-state index contributed by atoms with van der Waals surface area (Å²) in [6, 6.07) is 15.5. The van der Waals surface area contributed by atoms with Gasteiger partial charge in [-0.15, -0.1) is 0 Å². The fraction of sp³-hybridized carbons (Fsp3) is 0.125. The maximum atomic E-state index is 5.31. The number of aryl methyl sites for hydroxylation is 1. The van der Waals surface area contributed by atoms with E-state index in [1.54, 1.807) is 7.11 Å². The molecule has 0 atom stereocenters. The Labute approximate surface area is 117 Å². The Morgan fingerprint density at radius 1 is 0.900 bits per heavy atom. The third-order valence-corrected chi connectivity index (χ3v) is 3.07. The largest absolute Gasteiger partial charge is 0.497 e. The average Bonchev–Trinajstić information content (AvgIpc) is 2.98. The monoisotopic (exact) mass is 266 g/mol. The number of hydrogen-bond donors (Lipinski definition) is 0. The third kappa shape index (κ3) is 2.40. The van der Waals surface area contributed by atoms with Crippen molar-refractivity contribution in [3.05, 3.63) is 54.1 Å². The van der Waals surface area contributed by atoms with E-state index in [4.69, 9.17) is 9.26 Å². The maximum absolute atomic E-state index is 5.31. The summed E-state index contributed by atoms with van der Waals surface area (Å²) in [6.45, 7) is 2.04. The van der Waals surface area contributed by atoms with Crippen LogP contribution in [0.3, 0.4) is 0 Å². The maximum Gasteiger partial charge on any atom is 0.258 e. The van der Waals surface area contributed by atoms with E-state index in [2.05, 4.69) is 10.1 Å². The number of aromatic nitrogens is 2. The molecule has 3 rings (SSSR count). The Bertz CT molecular complexity index is 700. The van der Waals surface area contributed by atoms with Crippen LogP contribution in [-0.4, -0.2) is 17.3 Å². The van der Waals surface area contributed by atoms with Gasteiger partial charge in [-0.05, 0) is 31.2 Å². The van der Waals surface area contributed by atoms with Crippen molar-refractivity contribution < 1.29 is 9.26 Å². The van der Waals surface area contributed by atoms with Crippen LogP contribution in [0.25, 0.3) is 22.8 Å². The van der Waals surface area contributed by atoms with Crippen LogP contribution in [0.1, 0.15) is 5.56 Å². The van der Waals surface area contributed by atoms with E-state index in [-0.39, 0.29) is 0 Å². The van der Waals surface area contributed by atoms with E-state index in [1.165, 1.54) is 5.56 Å². The second kappa shape index (κ2) is 5.17. The molecule has 0 aliphatic carbocycles. The summed E-state index contributed by atoms with van der Waals surface area (Å²) in [5.74, 6) is 1.89. The number of hydrogen-bond acceptors (Lipinski definition) is 4. The van der Waals surface area contributed by atoms with Gasteiger partial charge in [-0.3, -0.25) is 0 Å². The number of benzene rings is 2. The van der Waals surface area contributed by atoms with Gasteiger partial charge < -0.3 is 9.26 Å². The normalized spacial score (nSPS) is 10.5. The summed E-state index contributed by atoms with van der Waals surface area (Å²) in [4.78, 5) is 4.42. The summed E-state index contributed by atoms with van der Waals surface area (Å²) < 4.78 is 10.4. The molecule has 4 nitrogen and oxygen atoms in total. The molecule has 4 heteroatoms. The highest BCUT2D eigenvalue weighted by atomic mass is 16.5. The number of rotatable bonds is 3. The van der Waals surface area contributed by atoms with Gasteiger partial charge in [0.1, 0.15) is 5.75 Å². The first-order valence-electron chi connectivity index (χ1n) is 6.31. The van der Waals surface area contributed by atoms with Gasteiger partial charge in [0.05, 0.1) is 7.11 Å². The minimum absolute atomic E-state index is 0.503. The lowest BCUT2D eigenvalue weighted by molar-refractivity contribution is 0.414. The SMILES string of the molecule is COc1ccc(-c2nc(-c3ccc(C)cc3)no2)cc1. The smallest absolute Gasteiger partial charge is 0.258 e. The summed E-state index contributed by atoms with van der Waals surface area (Å²) in [7, 11) is 1.64. The lowest BCUT2D eigenvalue weighted by Gasteiger charge is -1.98. The van der Waals surface area contributed by atoms with Gasteiger partial charge in [-0.2, -0.15) is 4.98 Å². The van der Waals surface area contributed by atoms with Crippen molar-refractivity contribution in [1.29, 1.82) is 0 Å². The van der Waals surface area contributed by atoms with Crippen molar-refractivity contribution in [3.8, 4) is 28.6 Å². The van der Waals surface area contributed by atoms with Gasteiger partial charge in [0.25, 0.3) is 5.89 Å². The first kappa shape index (κ1) is 12.4. The Kier molecular flexibility index (Phi) is 3.21. The molecule has 0 amide bonds. The zero-order valence-corrected chi connectivity index (χ0v) is 11.3. The molecule has 0 bridgehead atoms. The first-order chi connectivity index (χ1) is 9.76. The predicted molar refractivity (Wildman–Crippen MR) is 76.5 cm³/mol. The fourth-order valence-corrected chi connectivity index (χ4v) is 1.89.